The molecule has 1 saturated heterocycles. The van der Waals surface area contributed by atoms with Crippen molar-refractivity contribution < 1.29 is 19.8 Å². The van der Waals surface area contributed by atoms with Gasteiger partial charge in [0.25, 0.3) is 5.91 Å². The normalized spacial score (nSPS) is 13.8. The van der Waals surface area contributed by atoms with Gasteiger partial charge < -0.3 is 20.4 Å². The van der Waals surface area contributed by atoms with Crippen molar-refractivity contribution >= 4 is 35.7 Å². The second-order valence-corrected chi connectivity index (χ2v) is 8.26. The molecule has 3 aromatic rings. The monoisotopic (exact) mass is 466 g/mol. The number of piperidine rings is 1. The first kappa shape index (κ1) is 24.1. The summed E-state index contributed by atoms with van der Waals surface area (Å²) in [6.07, 6.45) is 2.16. The minimum atomic E-state index is -1.14. The van der Waals surface area contributed by atoms with Gasteiger partial charge in [-0.3, -0.25) is 4.79 Å². The molecule has 0 aromatic heterocycles. The van der Waals surface area contributed by atoms with Crippen LogP contribution in [0, 0.1) is 5.92 Å². The number of anilines is 2. The number of hydrogen-bond acceptors (Lipinski definition) is 4. The predicted octanol–water partition coefficient (Wildman–Crippen LogP) is 5.67. The number of carboxylic acid groups (broad SMARTS) is 1. The van der Waals surface area contributed by atoms with Crippen LogP contribution in [0.4, 0.5) is 11.4 Å². The van der Waals surface area contributed by atoms with Crippen LogP contribution in [0.5, 0.6) is 5.75 Å². The molecule has 7 heteroatoms. The van der Waals surface area contributed by atoms with Crippen LogP contribution >= 0.6 is 12.4 Å². The number of carboxylic acids is 1. The lowest BCUT2D eigenvalue weighted by Gasteiger charge is -2.32. The molecule has 0 atom stereocenters. The Morgan fingerprint density at radius 3 is 2.27 bits per heavy atom. The molecule has 1 aliphatic rings. The van der Waals surface area contributed by atoms with Crippen LogP contribution in [-0.2, 0) is 0 Å². The number of halogens is 1. The summed E-state index contributed by atoms with van der Waals surface area (Å²) >= 11 is 0. The summed E-state index contributed by atoms with van der Waals surface area (Å²) in [5.41, 5.74) is 2.84. The van der Waals surface area contributed by atoms with Crippen LogP contribution in [0.3, 0.4) is 0 Å². The molecule has 1 aliphatic heterocycles. The van der Waals surface area contributed by atoms with Gasteiger partial charge in [0.05, 0.1) is 16.8 Å². The van der Waals surface area contributed by atoms with E-state index in [9.17, 15) is 19.8 Å². The van der Waals surface area contributed by atoms with E-state index >= 15 is 0 Å². The quantitative estimate of drug-likeness (QED) is 0.451. The van der Waals surface area contributed by atoms with E-state index in [1.54, 1.807) is 24.3 Å². The van der Waals surface area contributed by atoms with Gasteiger partial charge in [-0.15, -0.1) is 12.4 Å². The number of nitrogens with zero attached hydrogens (tertiary/aromatic N) is 1. The molecule has 0 spiro atoms. The van der Waals surface area contributed by atoms with Crippen molar-refractivity contribution in [2.45, 2.75) is 19.8 Å². The molecule has 1 fully saturated rings. The largest absolute Gasteiger partial charge is 0.507 e. The highest BCUT2D eigenvalue weighted by atomic mass is 35.5. The Hall–Kier alpha value is -3.51. The van der Waals surface area contributed by atoms with Crippen molar-refractivity contribution in [3.63, 3.8) is 0 Å². The van der Waals surface area contributed by atoms with Crippen LogP contribution in [0.15, 0.2) is 66.7 Å². The van der Waals surface area contributed by atoms with Crippen LogP contribution in [0.25, 0.3) is 11.1 Å². The van der Waals surface area contributed by atoms with E-state index in [-0.39, 0.29) is 35.0 Å². The number of carbonyl (C=O) groups excluding carboxylic acids is 1. The fourth-order valence-corrected chi connectivity index (χ4v) is 4.00. The van der Waals surface area contributed by atoms with Crippen LogP contribution in [0.2, 0.25) is 0 Å². The zero-order chi connectivity index (χ0) is 22.7. The van der Waals surface area contributed by atoms with Crippen molar-refractivity contribution in [1.29, 1.82) is 0 Å². The first-order valence-corrected chi connectivity index (χ1v) is 10.7. The van der Waals surface area contributed by atoms with Crippen molar-refractivity contribution in [3.8, 4) is 16.9 Å². The number of nitrogens with one attached hydrogen (secondary N) is 1. The summed E-state index contributed by atoms with van der Waals surface area (Å²) in [5.74, 6) is -1.16. The Bertz CT molecular complexity index is 1140. The van der Waals surface area contributed by atoms with Crippen molar-refractivity contribution in [3.05, 3.63) is 77.9 Å². The number of aromatic carboxylic acids is 1. The number of aromatic hydroxyl groups is 1. The second kappa shape index (κ2) is 10.4. The van der Waals surface area contributed by atoms with Crippen LogP contribution < -0.4 is 10.2 Å². The predicted molar refractivity (Wildman–Crippen MR) is 133 cm³/mol. The molecule has 0 aliphatic carbocycles. The van der Waals surface area contributed by atoms with E-state index < -0.39 is 11.9 Å². The molecule has 3 aromatic carbocycles. The molecule has 1 heterocycles. The minimum Gasteiger partial charge on any atom is -0.507 e. The van der Waals surface area contributed by atoms with Gasteiger partial charge in [0.1, 0.15) is 5.75 Å². The fourth-order valence-electron chi connectivity index (χ4n) is 4.00. The summed E-state index contributed by atoms with van der Waals surface area (Å²) in [4.78, 5) is 27.0. The molecule has 0 radical (unpaired) electrons. The van der Waals surface area contributed by atoms with Crippen LogP contribution in [0.1, 0.15) is 40.5 Å². The SMILES string of the molecule is CC1CCN(c2ccc(O)c(C(=O)Nc3cc(-c4ccccc4)ccc3C(=O)O)c2)CC1.Cl. The zero-order valence-corrected chi connectivity index (χ0v) is 19.1. The number of phenols is 1. The third-order valence-electron chi connectivity index (χ3n) is 5.98. The van der Waals surface area contributed by atoms with Gasteiger partial charge >= 0.3 is 5.97 Å². The highest BCUT2D eigenvalue weighted by Crippen LogP contribution is 2.30. The third kappa shape index (κ3) is 5.46. The van der Waals surface area contributed by atoms with Gasteiger partial charge in [0.2, 0.25) is 0 Å². The Kier molecular flexibility index (Phi) is 7.61. The Labute approximate surface area is 199 Å². The molecule has 3 N–H and O–H groups in total. The van der Waals surface area contributed by atoms with E-state index in [1.807, 2.05) is 30.3 Å². The topological polar surface area (TPSA) is 89.9 Å². The maximum Gasteiger partial charge on any atom is 0.337 e. The highest BCUT2D eigenvalue weighted by molar-refractivity contribution is 6.10. The highest BCUT2D eigenvalue weighted by Gasteiger charge is 2.21. The molecule has 172 valence electrons. The fraction of sp³-hybridized carbons (Fsp3) is 0.231. The van der Waals surface area contributed by atoms with Gasteiger partial charge in [-0.1, -0.05) is 43.3 Å². The lowest BCUT2D eigenvalue weighted by molar-refractivity contribution is 0.0698. The lowest BCUT2D eigenvalue weighted by Crippen LogP contribution is -2.32. The number of rotatable bonds is 5. The lowest BCUT2D eigenvalue weighted by atomic mass is 9.98. The van der Waals surface area contributed by atoms with Gasteiger partial charge in [-0.05, 0) is 60.2 Å². The third-order valence-corrected chi connectivity index (χ3v) is 5.98. The molecule has 6 nitrogen and oxygen atoms in total. The molecule has 33 heavy (non-hydrogen) atoms. The molecular weight excluding hydrogens is 440 g/mol. The van der Waals surface area contributed by atoms with E-state index in [1.165, 1.54) is 12.1 Å². The van der Waals surface area contributed by atoms with E-state index in [4.69, 9.17) is 0 Å². The average molecular weight is 467 g/mol. The van der Waals surface area contributed by atoms with Crippen LogP contribution in [-0.4, -0.2) is 35.2 Å². The average Bonchev–Trinajstić information content (AvgIpc) is 2.80. The summed E-state index contributed by atoms with van der Waals surface area (Å²) < 4.78 is 0. The summed E-state index contributed by atoms with van der Waals surface area (Å²) in [7, 11) is 0. The van der Waals surface area contributed by atoms with Gasteiger partial charge in [-0.25, -0.2) is 4.79 Å². The maximum atomic E-state index is 13.1. The summed E-state index contributed by atoms with van der Waals surface area (Å²) in [5, 5.41) is 22.6. The molecule has 1 amide bonds. The van der Waals surface area contributed by atoms with E-state index in [0.717, 1.165) is 42.7 Å². The Morgan fingerprint density at radius 2 is 1.61 bits per heavy atom. The number of amides is 1. The summed E-state index contributed by atoms with van der Waals surface area (Å²) in [6, 6.07) is 19.3. The van der Waals surface area contributed by atoms with Crippen molar-refractivity contribution in [2.24, 2.45) is 5.92 Å². The molecule has 0 unspecified atom stereocenters. The van der Waals surface area contributed by atoms with Gasteiger partial charge in [0, 0.05) is 18.8 Å². The standard InChI is InChI=1S/C26H26N2O4.ClH/c1-17-11-13-28(14-12-17)20-8-10-24(29)22(16-20)25(30)27-23-15-19(7-9-21(23)26(31)32)18-5-3-2-4-6-18;/h2-10,15-17,29H,11-14H2,1H3,(H,27,30)(H,31,32);1H. The Balaban J connectivity index is 0.00000306. The first-order valence-electron chi connectivity index (χ1n) is 10.7. The van der Waals surface area contributed by atoms with Crippen molar-refractivity contribution in [2.75, 3.05) is 23.3 Å². The second-order valence-electron chi connectivity index (χ2n) is 8.26. The maximum absolute atomic E-state index is 13.1. The number of phenolic OH excluding ortho intramolecular Hbond substituents is 1. The molecular formula is C26H27ClN2O4. The molecule has 0 saturated carbocycles. The summed E-state index contributed by atoms with van der Waals surface area (Å²) in [6.45, 7) is 4.03. The van der Waals surface area contributed by atoms with Crippen molar-refractivity contribution in [1.82, 2.24) is 0 Å². The van der Waals surface area contributed by atoms with E-state index in [2.05, 4.69) is 17.1 Å². The first-order chi connectivity index (χ1) is 15.4. The smallest absolute Gasteiger partial charge is 0.337 e. The van der Waals surface area contributed by atoms with Gasteiger partial charge in [-0.2, -0.15) is 0 Å². The van der Waals surface area contributed by atoms with E-state index in [0.29, 0.717) is 5.92 Å². The molecule has 0 bridgehead atoms. The minimum absolute atomic E-state index is 0. The van der Waals surface area contributed by atoms with Gasteiger partial charge in [0.15, 0.2) is 0 Å². The number of benzene rings is 3. The Morgan fingerprint density at radius 1 is 0.909 bits per heavy atom. The zero-order valence-electron chi connectivity index (χ0n) is 18.3. The number of hydrogen-bond donors (Lipinski definition) is 3. The molecule has 4 rings (SSSR count). The number of carbonyl (C=O) groups is 2.